The molecule has 2 aromatic heterocycles. The molecule has 0 bridgehead atoms. The molecule has 3 heterocycles. The maximum atomic E-state index is 12.6. The number of aromatic nitrogens is 2. The number of carbonyl (C=O) groups excluding carboxylic acids is 1. The van der Waals surface area contributed by atoms with Gasteiger partial charge in [0.2, 0.25) is 0 Å². The van der Waals surface area contributed by atoms with E-state index in [1.807, 2.05) is 19.1 Å². The van der Waals surface area contributed by atoms with E-state index in [4.69, 9.17) is 0 Å². The molecular weight excluding hydrogens is 362 g/mol. The predicted octanol–water partition coefficient (Wildman–Crippen LogP) is 2.07. The van der Waals surface area contributed by atoms with Crippen molar-refractivity contribution in [1.82, 2.24) is 14.3 Å². The van der Waals surface area contributed by atoms with Crippen LogP contribution in [-0.2, 0) is 0 Å². The average molecular weight is 383 g/mol. The second-order valence-electron chi connectivity index (χ2n) is 6.78. The summed E-state index contributed by atoms with van der Waals surface area (Å²) in [6, 6.07) is 5.99. The van der Waals surface area contributed by atoms with Crippen molar-refractivity contribution in [3.63, 3.8) is 0 Å². The highest BCUT2D eigenvalue weighted by molar-refractivity contribution is 7.15. The molecule has 0 aliphatic carbocycles. The van der Waals surface area contributed by atoms with E-state index in [2.05, 4.69) is 33.2 Å². The standard InChI is InChI=1S/C19H21N5O2S/c1-13-11-14(23-7-5-22(2)6-8-23)3-4-16(13)21-17(25)15-12-20-19-24(18(15)26)9-10-27-19/h3-4,9-12H,5-8H2,1-2H3,(H,21,25). The van der Waals surface area contributed by atoms with Crippen molar-refractivity contribution in [2.24, 2.45) is 0 Å². The third-order valence-electron chi connectivity index (χ3n) is 4.91. The van der Waals surface area contributed by atoms with E-state index in [0.29, 0.717) is 10.6 Å². The van der Waals surface area contributed by atoms with E-state index in [9.17, 15) is 9.59 Å². The summed E-state index contributed by atoms with van der Waals surface area (Å²) >= 11 is 1.36. The van der Waals surface area contributed by atoms with Gasteiger partial charge in [-0.1, -0.05) is 0 Å². The molecule has 1 aliphatic heterocycles. The Morgan fingerprint density at radius 2 is 2.00 bits per heavy atom. The topological polar surface area (TPSA) is 69.9 Å². The van der Waals surface area contributed by atoms with Crippen LogP contribution in [0.5, 0.6) is 0 Å². The number of hydrogen-bond donors (Lipinski definition) is 1. The second kappa shape index (κ2) is 7.13. The molecule has 27 heavy (non-hydrogen) atoms. The number of hydrogen-bond acceptors (Lipinski definition) is 6. The molecule has 1 saturated heterocycles. The van der Waals surface area contributed by atoms with Gasteiger partial charge in [-0.05, 0) is 37.7 Å². The number of fused-ring (bicyclic) bond motifs is 1. The van der Waals surface area contributed by atoms with Gasteiger partial charge in [0.25, 0.3) is 11.5 Å². The number of anilines is 2. The zero-order chi connectivity index (χ0) is 19.0. The Bertz CT molecular complexity index is 1050. The number of likely N-dealkylation sites (N-methyl/N-ethyl adjacent to an activating group) is 1. The van der Waals surface area contributed by atoms with Crippen LogP contribution >= 0.6 is 11.3 Å². The zero-order valence-electron chi connectivity index (χ0n) is 15.3. The maximum Gasteiger partial charge on any atom is 0.271 e. The van der Waals surface area contributed by atoms with E-state index >= 15 is 0 Å². The van der Waals surface area contributed by atoms with Crippen LogP contribution in [0.4, 0.5) is 11.4 Å². The molecule has 0 unspecified atom stereocenters. The second-order valence-corrected chi connectivity index (χ2v) is 7.65. The molecule has 1 N–H and O–H groups in total. The van der Waals surface area contributed by atoms with Gasteiger partial charge in [0.15, 0.2) is 4.96 Å². The number of carbonyl (C=O) groups is 1. The van der Waals surface area contributed by atoms with Gasteiger partial charge in [-0.15, -0.1) is 11.3 Å². The predicted molar refractivity (Wildman–Crippen MR) is 108 cm³/mol. The van der Waals surface area contributed by atoms with E-state index in [1.165, 1.54) is 21.9 Å². The fraction of sp³-hybridized carbons (Fsp3) is 0.316. The van der Waals surface area contributed by atoms with Crippen molar-refractivity contribution in [2.45, 2.75) is 6.92 Å². The van der Waals surface area contributed by atoms with E-state index < -0.39 is 5.91 Å². The van der Waals surface area contributed by atoms with Gasteiger partial charge in [-0.3, -0.25) is 14.0 Å². The first-order valence-electron chi connectivity index (χ1n) is 8.83. The first-order chi connectivity index (χ1) is 13.0. The molecule has 4 rings (SSSR count). The summed E-state index contributed by atoms with van der Waals surface area (Å²) in [6.45, 7) is 6.02. The van der Waals surface area contributed by atoms with Crippen LogP contribution in [0.2, 0.25) is 0 Å². The van der Waals surface area contributed by atoms with Crippen molar-refractivity contribution in [2.75, 3.05) is 43.4 Å². The van der Waals surface area contributed by atoms with Gasteiger partial charge >= 0.3 is 0 Å². The van der Waals surface area contributed by atoms with Crippen LogP contribution in [0, 0.1) is 6.92 Å². The summed E-state index contributed by atoms with van der Waals surface area (Å²) in [7, 11) is 2.13. The summed E-state index contributed by atoms with van der Waals surface area (Å²) in [5.41, 5.74) is 2.50. The number of nitrogens with one attached hydrogen (secondary N) is 1. The molecule has 8 heteroatoms. The maximum absolute atomic E-state index is 12.6. The fourth-order valence-electron chi connectivity index (χ4n) is 3.22. The minimum atomic E-state index is -0.441. The summed E-state index contributed by atoms with van der Waals surface area (Å²) in [6.07, 6.45) is 2.97. The van der Waals surface area contributed by atoms with Crippen LogP contribution in [-0.4, -0.2) is 53.4 Å². The molecule has 1 aromatic carbocycles. The van der Waals surface area contributed by atoms with Crippen LogP contribution in [0.3, 0.4) is 0 Å². The largest absolute Gasteiger partial charge is 0.369 e. The normalized spacial score (nSPS) is 15.3. The van der Waals surface area contributed by atoms with Gasteiger partial charge in [0.1, 0.15) is 5.56 Å². The van der Waals surface area contributed by atoms with E-state index in [-0.39, 0.29) is 11.1 Å². The third kappa shape index (κ3) is 3.45. The van der Waals surface area contributed by atoms with Crippen LogP contribution < -0.4 is 15.8 Å². The number of rotatable bonds is 3. The lowest BCUT2D eigenvalue weighted by Crippen LogP contribution is -2.44. The Labute approximate surface area is 160 Å². The van der Waals surface area contributed by atoms with Crippen LogP contribution in [0.15, 0.2) is 40.8 Å². The molecule has 1 amide bonds. The van der Waals surface area contributed by atoms with Crippen molar-refractivity contribution in [3.05, 3.63) is 57.5 Å². The van der Waals surface area contributed by atoms with Gasteiger partial charge in [0.05, 0.1) is 0 Å². The molecule has 0 radical (unpaired) electrons. The molecule has 7 nitrogen and oxygen atoms in total. The summed E-state index contributed by atoms with van der Waals surface area (Å²) in [5.74, 6) is -0.441. The Balaban J connectivity index is 1.54. The summed E-state index contributed by atoms with van der Waals surface area (Å²) in [5, 5.41) is 4.62. The number of piperazine rings is 1. The van der Waals surface area contributed by atoms with Crippen molar-refractivity contribution >= 4 is 33.6 Å². The van der Waals surface area contributed by atoms with Crippen LogP contribution in [0.25, 0.3) is 4.96 Å². The molecule has 1 fully saturated rings. The first-order valence-corrected chi connectivity index (χ1v) is 9.71. The minimum Gasteiger partial charge on any atom is -0.369 e. The monoisotopic (exact) mass is 383 g/mol. The van der Waals surface area contributed by atoms with Crippen molar-refractivity contribution < 1.29 is 4.79 Å². The molecule has 0 atom stereocenters. The lowest BCUT2D eigenvalue weighted by atomic mass is 10.1. The fourth-order valence-corrected chi connectivity index (χ4v) is 3.89. The molecule has 3 aromatic rings. The Kier molecular flexibility index (Phi) is 4.67. The third-order valence-corrected chi connectivity index (χ3v) is 5.68. The minimum absolute atomic E-state index is 0.0356. The number of benzene rings is 1. The van der Waals surface area contributed by atoms with Gasteiger partial charge in [0, 0.05) is 55.3 Å². The van der Waals surface area contributed by atoms with Gasteiger partial charge < -0.3 is 15.1 Å². The highest BCUT2D eigenvalue weighted by Gasteiger charge is 2.17. The Morgan fingerprint density at radius 1 is 1.22 bits per heavy atom. The Morgan fingerprint density at radius 3 is 2.74 bits per heavy atom. The van der Waals surface area contributed by atoms with E-state index in [0.717, 1.165) is 37.4 Å². The lowest BCUT2D eigenvalue weighted by molar-refractivity contribution is 0.102. The summed E-state index contributed by atoms with van der Waals surface area (Å²) in [4.78, 5) is 34.5. The van der Waals surface area contributed by atoms with E-state index in [1.54, 1.807) is 11.6 Å². The number of amides is 1. The zero-order valence-corrected chi connectivity index (χ0v) is 16.1. The lowest BCUT2D eigenvalue weighted by Gasteiger charge is -2.34. The quantitative estimate of drug-likeness (QED) is 0.750. The first kappa shape index (κ1) is 17.7. The van der Waals surface area contributed by atoms with Crippen molar-refractivity contribution in [3.8, 4) is 0 Å². The SMILES string of the molecule is Cc1cc(N2CCN(C)CC2)ccc1NC(=O)c1cnc2sccn2c1=O. The van der Waals surface area contributed by atoms with Gasteiger partial charge in [-0.25, -0.2) is 4.98 Å². The average Bonchev–Trinajstić information content (AvgIpc) is 3.14. The molecular formula is C19H21N5O2S. The van der Waals surface area contributed by atoms with Gasteiger partial charge in [-0.2, -0.15) is 0 Å². The highest BCUT2D eigenvalue weighted by atomic mass is 32.1. The van der Waals surface area contributed by atoms with Crippen molar-refractivity contribution in [1.29, 1.82) is 0 Å². The molecule has 1 aliphatic rings. The smallest absolute Gasteiger partial charge is 0.271 e. The molecule has 0 spiro atoms. The summed E-state index contributed by atoms with van der Waals surface area (Å²) < 4.78 is 1.39. The highest BCUT2D eigenvalue weighted by Crippen LogP contribution is 2.24. The number of aryl methyl sites for hydroxylation is 1. The number of nitrogens with zero attached hydrogens (tertiary/aromatic N) is 4. The number of thiazole rings is 1. The molecule has 140 valence electrons. The Hall–Kier alpha value is -2.71. The molecule has 0 saturated carbocycles. The van der Waals surface area contributed by atoms with Crippen LogP contribution in [0.1, 0.15) is 15.9 Å².